The third kappa shape index (κ3) is 3.75. The molecule has 0 bridgehead atoms. The molecule has 0 aliphatic carbocycles. The first kappa shape index (κ1) is 19.9. The van der Waals surface area contributed by atoms with E-state index in [0.29, 0.717) is 28.0 Å². The Morgan fingerprint density at radius 2 is 1.89 bits per heavy atom. The number of carbonyl (C=O) groups is 2. The molecule has 146 valence electrons. The van der Waals surface area contributed by atoms with Crippen LogP contribution < -0.4 is 5.56 Å². The second-order valence-electron chi connectivity index (χ2n) is 6.37. The third-order valence-electron chi connectivity index (χ3n) is 4.65. The molecule has 1 aromatic carbocycles. The van der Waals surface area contributed by atoms with Crippen molar-refractivity contribution in [3.05, 3.63) is 63.0 Å². The highest BCUT2D eigenvalue weighted by molar-refractivity contribution is 7.18. The van der Waals surface area contributed by atoms with E-state index in [1.807, 2.05) is 19.9 Å². The normalized spacial score (nSPS) is 12.1. The number of esters is 1. The van der Waals surface area contributed by atoms with Crippen LogP contribution in [0.2, 0.25) is 0 Å². The van der Waals surface area contributed by atoms with Gasteiger partial charge >= 0.3 is 5.97 Å². The lowest BCUT2D eigenvalue weighted by Crippen LogP contribution is -2.34. The SMILES string of the molecule is CCc1cc2c(=O)n(C(CC(=O)OC)C(=O)c3ccccc3)c(CC)nc2s1. The third-order valence-corrected chi connectivity index (χ3v) is 5.82. The topological polar surface area (TPSA) is 78.3 Å². The maximum atomic E-state index is 13.3. The number of hydrogen-bond donors (Lipinski definition) is 0. The molecule has 1 unspecified atom stereocenters. The fourth-order valence-electron chi connectivity index (χ4n) is 3.17. The molecule has 0 fully saturated rings. The van der Waals surface area contributed by atoms with Gasteiger partial charge < -0.3 is 4.74 Å². The Balaban J connectivity index is 2.22. The molecule has 2 aromatic heterocycles. The van der Waals surface area contributed by atoms with Gasteiger partial charge in [0, 0.05) is 16.9 Å². The van der Waals surface area contributed by atoms with Crippen LogP contribution >= 0.6 is 11.3 Å². The van der Waals surface area contributed by atoms with Crippen molar-refractivity contribution < 1.29 is 14.3 Å². The number of nitrogens with zero attached hydrogens (tertiary/aromatic N) is 2. The van der Waals surface area contributed by atoms with E-state index in [-0.39, 0.29) is 17.8 Å². The number of ketones is 1. The van der Waals surface area contributed by atoms with Gasteiger partial charge in [-0.3, -0.25) is 19.0 Å². The van der Waals surface area contributed by atoms with Crippen molar-refractivity contribution in [2.75, 3.05) is 7.11 Å². The molecule has 0 radical (unpaired) electrons. The molecule has 0 spiro atoms. The smallest absolute Gasteiger partial charge is 0.308 e. The Labute approximate surface area is 166 Å². The van der Waals surface area contributed by atoms with Crippen LogP contribution in [0.1, 0.15) is 47.4 Å². The van der Waals surface area contributed by atoms with Gasteiger partial charge in [0.1, 0.15) is 16.7 Å². The average Bonchev–Trinajstić information content (AvgIpc) is 3.16. The number of thiophene rings is 1. The van der Waals surface area contributed by atoms with Gasteiger partial charge in [-0.25, -0.2) is 4.98 Å². The summed E-state index contributed by atoms with van der Waals surface area (Å²) in [7, 11) is 1.27. The molecule has 0 saturated carbocycles. The van der Waals surface area contributed by atoms with E-state index in [4.69, 9.17) is 4.74 Å². The summed E-state index contributed by atoms with van der Waals surface area (Å²) >= 11 is 1.48. The van der Waals surface area contributed by atoms with Gasteiger partial charge in [-0.1, -0.05) is 44.2 Å². The fourth-order valence-corrected chi connectivity index (χ4v) is 4.14. The number of aromatic nitrogens is 2. The molecule has 1 atom stereocenters. The van der Waals surface area contributed by atoms with E-state index in [1.165, 1.54) is 23.0 Å². The van der Waals surface area contributed by atoms with Gasteiger partial charge in [0.05, 0.1) is 18.9 Å². The Kier molecular flexibility index (Phi) is 6.04. The monoisotopic (exact) mass is 398 g/mol. The number of carbonyl (C=O) groups excluding carboxylic acids is 2. The summed E-state index contributed by atoms with van der Waals surface area (Å²) in [5.74, 6) is -0.377. The highest BCUT2D eigenvalue weighted by atomic mass is 32.1. The highest BCUT2D eigenvalue weighted by Gasteiger charge is 2.29. The van der Waals surface area contributed by atoms with Gasteiger partial charge in [-0.05, 0) is 12.5 Å². The maximum Gasteiger partial charge on any atom is 0.308 e. The lowest BCUT2D eigenvalue weighted by atomic mass is 10.0. The first-order chi connectivity index (χ1) is 13.5. The van der Waals surface area contributed by atoms with Gasteiger partial charge in [-0.2, -0.15) is 0 Å². The van der Waals surface area contributed by atoms with Crippen molar-refractivity contribution >= 4 is 33.3 Å². The first-order valence-corrected chi connectivity index (χ1v) is 10.0. The second kappa shape index (κ2) is 8.48. The van der Waals surface area contributed by atoms with Crippen LogP contribution in [-0.2, 0) is 22.4 Å². The molecule has 0 saturated heterocycles. The summed E-state index contributed by atoms with van der Waals surface area (Å²) in [4.78, 5) is 44.9. The Bertz CT molecular complexity index is 1070. The quantitative estimate of drug-likeness (QED) is 0.449. The van der Waals surface area contributed by atoms with Crippen molar-refractivity contribution in [2.24, 2.45) is 0 Å². The Hall–Kier alpha value is -2.80. The number of fused-ring (bicyclic) bond motifs is 1. The van der Waals surface area contributed by atoms with Crippen LogP contribution in [-0.4, -0.2) is 28.4 Å². The molecule has 7 heteroatoms. The molecule has 0 aliphatic heterocycles. The van der Waals surface area contributed by atoms with Crippen LogP contribution in [0, 0.1) is 0 Å². The second-order valence-corrected chi connectivity index (χ2v) is 7.48. The van der Waals surface area contributed by atoms with E-state index in [2.05, 4.69) is 4.98 Å². The Morgan fingerprint density at radius 1 is 1.18 bits per heavy atom. The molecule has 0 N–H and O–H groups in total. The molecule has 3 rings (SSSR count). The minimum absolute atomic E-state index is 0.227. The van der Waals surface area contributed by atoms with Crippen LogP contribution in [0.4, 0.5) is 0 Å². The van der Waals surface area contributed by atoms with Gasteiger partial charge in [0.2, 0.25) is 0 Å². The highest BCUT2D eigenvalue weighted by Crippen LogP contribution is 2.25. The largest absolute Gasteiger partial charge is 0.469 e. The van der Waals surface area contributed by atoms with Crippen LogP contribution in [0.5, 0.6) is 0 Å². The maximum absolute atomic E-state index is 13.3. The van der Waals surface area contributed by atoms with E-state index in [0.717, 1.165) is 11.3 Å². The summed E-state index contributed by atoms with van der Waals surface area (Å²) in [6.45, 7) is 3.89. The fraction of sp³-hybridized carbons (Fsp3) is 0.333. The average molecular weight is 398 g/mol. The van der Waals surface area contributed by atoms with Crippen molar-refractivity contribution in [3.8, 4) is 0 Å². The number of methoxy groups -OCH3 is 1. The molecule has 28 heavy (non-hydrogen) atoms. The summed E-state index contributed by atoms with van der Waals surface area (Å²) in [5, 5.41) is 0.481. The molecular formula is C21H22N2O4S. The number of rotatable bonds is 7. The first-order valence-electron chi connectivity index (χ1n) is 9.20. The van der Waals surface area contributed by atoms with Crippen LogP contribution in [0.15, 0.2) is 41.2 Å². The van der Waals surface area contributed by atoms with Gasteiger partial charge in [0.15, 0.2) is 5.78 Å². The molecular weight excluding hydrogens is 376 g/mol. The summed E-state index contributed by atoms with van der Waals surface area (Å²) in [6.07, 6.45) is 1.04. The van der Waals surface area contributed by atoms with Crippen molar-refractivity contribution in [2.45, 2.75) is 39.2 Å². The predicted molar refractivity (Wildman–Crippen MR) is 109 cm³/mol. The number of ether oxygens (including phenoxy) is 1. The number of Topliss-reactive ketones (excluding diaryl/α,β-unsaturated/α-hetero) is 1. The molecule has 3 aromatic rings. The standard InChI is InChI=1S/C21H22N2O4S/c1-4-14-11-15-20(28-14)22-17(5-2)23(21(15)26)16(12-18(24)27-3)19(25)13-9-7-6-8-10-13/h6-11,16H,4-5,12H2,1-3H3. The van der Waals surface area contributed by atoms with E-state index in [9.17, 15) is 14.4 Å². The van der Waals surface area contributed by atoms with Crippen LogP contribution in [0.3, 0.4) is 0 Å². The van der Waals surface area contributed by atoms with Crippen molar-refractivity contribution in [3.63, 3.8) is 0 Å². The zero-order valence-corrected chi connectivity index (χ0v) is 16.9. The minimum Gasteiger partial charge on any atom is -0.469 e. The zero-order chi connectivity index (χ0) is 20.3. The van der Waals surface area contributed by atoms with E-state index >= 15 is 0 Å². The van der Waals surface area contributed by atoms with E-state index in [1.54, 1.807) is 30.3 Å². The lowest BCUT2D eigenvalue weighted by Gasteiger charge is -2.21. The molecule has 6 nitrogen and oxygen atoms in total. The van der Waals surface area contributed by atoms with E-state index < -0.39 is 12.0 Å². The zero-order valence-electron chi connectivity index (χ0n) is 16.1. The minimum atomic E-state index is -1.00. The number of aryl methyl sites for hydroxylation is 2. The van der Waals surface area contributed by atoms with Gasteiger partial charge in [0.25, 0.3) is 5.56 Å². The molecule has 2 heterocycles. The molecule has 0 amide bonds. The number of hydrogen-bond acceptors (Lipinski definition) is 6. The van der Waals surface area contributed by atoms with Gasteiger partial charge in [-0.15, -0.1) is 11.3 Å². The number of benzene rings is 1. The van der Waals surface area contributed by atoms with Crippen molar-refractivity contribution in [1.82, 2.24) is 9.55 Å². The summed E-state index contributed by atoms with van der Waals surface area (Å²) < 4.78 is 6.16. The summed E-state index contributed by atoms with van der Waals surface area (Å²) in [6, 6.07) is 9.48. The Morgan fingerprint density at radius 3 is 2.50 bits per heavy atom. The summed E-state index contributed by atoms with van der Waals surface area (Å²) in [5.41, 5.74) is 0.140. The van der Waals surface area contributed by atoms with Crippen molar-refractivity contribution in [1.29, 1.82) is 0 Å². The molecule has 0 aliphatic rings. The lowest BCUT2D eigenvalue weighted by molar-refractivity contribution is -0.141. The predicted octanol–water partition coefficient (Wildman–Crippen LogP) is 3.57. The van der Waals surface area contributed by atoms with Crippen LogP contribution in [0.25, 0.3) is 10.2 Å².